The average Bonchev–Trinajstić information content (AvgIpc) is 1.58. The number of ether oxygens (including phenoxy) is 3. The zero-order valence-electron chi connectivity index (χ0n) is 70.0. The summed E-state index contributed by atoms with van der Waals surface area (Å²) in [5.41, 5.74) is 8.33. The van der Waals surface area contributed by atoms with Crippen molar-refractivity contribution in [2.45, 2.75) is 206 Å². The summed E-state index contributed by atoms with van der Waals surface area (Å²) in [4.78, 5) is 170. The lowest BCUT2D eigenvalue weighted by Gasteiger charge is -2.27. The van der Waals surface area contributed by atoms with E-state index in [4.69, 9.17) is 19.3 Å². The number of pyridine rings is 2. The number of imide groups is 4. The second kappa shape index (κ2) is 45.5. The third-order valence-electron chi connectivity index (χ3n) is 21.0. The number of carboxylic acid groups (broad SMARTS) is 1. The topological polar surface area (TPSA) is 398 Å². The molecule has 2 unspecified atom stereocenters. The number of nitrogens with one attached hydrogen (secondary N) is 8. The molecule has 6 heterocycles. The number of aryl methyl sites for hydroxylation is 2. The van der Waals surface area contributed by atoms with Crippen molar-refractivity contribution in [2.75, 3.05) is 50.0 Å². The van der Waals surface area contributed by atoms with Crippen molar-refractivity contribution in [1.82, 2.24) is 51.7 Å². The fraction of sp³-hybridized carbons (Fsp3) is 0.409. The number of aromatic nitrogens is 2. The first-order valence-corrected chi connectivity index (χ1v) is 42.4. The van der Waals surface area contributed by atoms with Gasteiger partial charge in [0, 0.05) is 73.6 Å². The number of fused-ring (bicyclic) bond motifs is 4. The molecule has 0 bridgehead atoms. The van der Waals surface area contributed by atoms with Crippen LogP contribution in [-0.4, -0.2) is 159 Å². The lowest BCUT2D eigenvalue weighted by atomic mass is 10.0. The van der Waals surface area contributed by atoms with Crippen LogP contribution in [0.3, 0.4) is 0 Å². The van der Waals surface area contributed by atoms with Crippen molar-refractivity contribution in [3.05, 3.63) is 190 Å². The summed E-state index contributed by atoms with van der Waals surface area (Å²) < 4.78 is 16.0. The number of benzene rings is 6. The number of carbonyl (C=O) groups excluding carboxylic acids is 12. The van der Waals surface area contributed by atoms with Crippen molar-refractivity contribution < 1.29 is 81.6 Å². The minimum absolute atomic E-state index is 0.0163. The SMILES string of the molecule is CCNC(=O)c1cnc2ccc(CCCCCCCCCCCNC(=O)COc3cccc4c3C(=O)N(C3CCC(=O)NC3=O)C4=O)cc2c1Nc1ccccc1.CCNC(=O)c1cnc2ccc(CCCCCCCCCCCNC(=O)OC(C)(C)C)cc2c1Nc1ccccc1.O=C(O)COc1cccc2c1C(=O)N(C1CCC(=O)NC1=O)C2=O. The summed E-state index contributed by atoms with van der Waals surface area (Å²) in [7, 11) is 0. The van der Waals surface area contributed by atoms with Crippen molar-refractivity contribution in [3.8, 4) is 11.5 Å². The second-order valence-corrected chi connectivity index (χ2v) is 31.4. The molecule has 4 aliphatic rings. The molecule has 6 aromatic carbocycles. The van der Waals surface area contributed by atoms with E-state index in [0.29, 0.717) is 37.3 Å². The third kappa shape index (κ3) is 25.8. The molecule has 12 rings (SSSR count). The van der Waals surface area contributed by atoms with Crippen LogP contribution in [0.5, 0.6) is 11.5 Å². The number of piperidine rings is 2. The number of carboxylic acids is 1. The van der Waals surface area contributed by atoms with Crippen molar-refractivity contribution in [2.24, 2.45) is 0 Å². The van der Waals surface area contributed by atoms with Crippen molar-refractivity contribution >= 4 is 122 Å². The zero-order valence-corrected chi connectivity index (χ0v) is 70.0. The van der Waals surface area contributed by atoms with Crippen LogP contribution in [-0.2, 0) is 46.3 Å². The third-order valence-corrected chi connectivity index (χ3v) is 21.0. The minimum atomic E-state index is -1.23. The highest BCUT2D eigenvalue weighted by Gasteiger charge is 2.48. The Morgan fingerprint density at radius 2 is 0.852 bits per heavy atom. The van der Waals surface area contributed by atoms with Crippen LogP contribution in [0.2, 0.25) is 0 Å². The van der Waals surface area contributed by atoms with Crippen LogP contribution < -0.4 is 52.0 Å². The van der Waals surface area contributed by atoms with E-state index in [-0.39, 0.29) is 89.9 Å². The number of nitrogens with zero attached hydrogens (tertiary/aromatic N) is 4. The van der Waals surface area contributed by atoms with Gasteiger partial charge >= 0.3 is 12.1 Å². The predicted molar refractivity (Wildman–Crippen MR) is 462 cm³/mol. The van der Waals surface area contributed by atoms with E-state index in [2.05, 4.69) is 82.8 Å². The van der Waals surface area contributed by atoms with Crippen LogP contribution in [0.4, 0.5) is 27.5 Å². The summed E-state index contributed by atoms with van der Waals surface area (Å²) in [6.45, 7) is 10.7. The van der Waals surface area contributed by atoms with Gasteiger partial charge < -0.3 is 51.2 Å². The standard InChI is InChI=1S/C44H50N6O7.C34H48N4O3.C15H12N2O7/c1-2-45-41(53)33-27-47-34-22-21-29(26-32(34)40(33)48-30-17-12-10-13-18-30)16-11-8-6-4-3-5-7-9-14-25-46-38(52)28-57-36-20-15-19-31-39(36)44(56)50(43(31)55)35-23-24-37(51)49-42(35)54;1-5-35-32(39)29-25-37-30-22-21-26(24-28(30)31(29)38-27-19-15-13-16-20-27)18-14-11-9-7-6-8-10-12-17-23-36-33(40)41-34(2,3)4;18-10-5-4-8(13(21)16-10)17-14(22)7-2-1-3-9(12(7)15(17)23)24-6-11(19)20/h10,12-13,15,17-22,26-27,35H,2-9,11,14,16,23-25,28H2,1H3,(H,45,53)(H,46,52)(H,47,48)(H,49,51,54);13,15-16,19-22,24-25H,5-12,14,17-18,23H2,1-4H3,(H,35,39)(H,36,40)(H,37,38);1-3,8H,4-6H2,(H,19,20)(H,16,18,21). The van der Waals surface area contributed by atoms with Crippen LogP contribution in [0.15, 0.2) is 146 Å². The summed E-state index contributed by atoms with van der Waals surface area (Å²) >= 11 is 0. The molecule has 2 fully saturated rings. The van der Waals surface area contributed by atoms with Crippen molar-refractivity contribution in [3.63, 3.8) is 0 Å². The highest BCUT2D eigenvalue weighted by molar-refractivity contribution is 6.26. The zero-order chi connectivity index (χ0) is 87.1. The number of alkyl carbamates (subject to hydrolysis) is 1. The lowest BCUT2D eigenvalue weighted by molar-refractivity contribution is -0.139. The van der Waals surface area contributed by atoms with E-state index in [9.17, 15) is 62.3 Å². The Hall–Kier alpha value is -13.0. The number of carbonyl (C=O) groups is 13. The van der Waals surface area contributed by atoms with Gasteiger partial charge in [-0.25, -0.2) is 9.59 Å². The lowest BCUT2D eigenvalue weighted by Crippen LogP contribution is -2.54. The molecule has 0 radical (unpaired) electrons. The molecule has 0 aliphatic carbocycles. The fourth-order valence-corrected chi connectivity index (χ4v) is 14.9. The highest BCUT2D eigenvalue weighted by atomic mass is 16.6. The first kappa shape index (κ1) is 91.4. The molecule has 0 saturated carbocycles. The smallest absolute Gasteiger partial charge is 0.407 e. The Bertz CT molecular complexity index is 5090. The number of hydrogen-bond donors (Lipinski definition) is 9. The van der Waals surface area contributed by atoms with Crippen LogP contribution in [0, 0.1) is 0 Å². The van der Waals surface area contributed by atoms with Crippen molar-refractivity contribution in [1.29, 1.82) is 0 Å². The molecule has 4 aliphatic heterocycles. The monoisotopic (exact) mass is 1670 g/mol. The molecule has 0 spiro atoms. The van der Waals surface area contributed by atoms with Gasteiger partial charge in [0.25, 0.3) is 41.4 Å². The molecular weight excluding hydrogens is 1560 g/mol. The molecule has 8 aromatic rings. The minimum Gasteiger partial charge on any atom is -0.483 e. The summed E-state index contributed by atoms with van der Waals surface area (Å²) in [5, 5.41) is 33.3. The van der Waals surface area contributed by atoms with Crippen LogP contribution in [0.25, 0.3) is 21.8 Å². The van der Waals surface area contributed by atoms with Gasteiger partial charge in [0.1, 0.15) is 29.2 Å². The maximum Gasteiger partial charge on any atom is 0.407 e. The number of aliphatic carboxylic acids is 1. The Labute approximate surface area is 709 Å². The molecule has 2 saturated heterocycles. The van der Waals surface area contributed by atoms with E-state index in [1.807, 2.05) is 101 Å². The first-order valence-electron chi connectivity index (χ1n) is 42.4. The second-order valence-electron chi connectivity index (χ2n) is 31.4. The predicted octanol–water partition coefficient (Wildman–Crippen LogP) is 14.2. The molecule has 9 N–H and O–H groups in total. The van der Waals surface area contributed by atoms with E-state index in [1.54, 1.807) is 18.5 Å². The van der Waals surface area contributed by atoms with E-state index >= 15 is 0 Å². The van der Waals surface area contributed by atoms with Crippen LogP contribution in [0.1, 0.15) is 249 Å². The Balaban J connectivity index is 0.000000208. The van der Waals surface area contributed by atoms with E-state index < -0.39 is 77.5 Å². The van der Waals surface area contributed by atoms with Gasteiger partial charge in [-0.1, -0.05) is 151 Å². The van der Waals surface area contributed by atoms with Gasteiger partial charge in [-0.15, -0.1) is 0 Å². The average molecular weight is 1670 g/mol. The molecule has 29 nitrogen and oxygen atoms in total. The van der Waals surface area contributed by atoms with E-state index in [0.717, 1.165) is 125 Å². The fourth-order valence-electron chi connectivity index (χ4n) is 14.9. The first-order chi connectivity index (χ1) is 58.9. The Morgan fingerprint density at radius 3 is 1.25 bits per heavy atom. The van der Waals surface area contributed by atoms with Gasteiger partial charge in [-0.3, -0.25) is 83.1 Å². The van der Waals surface area contributed by atoms with Gasteiger partial charge in [0.15, 0.2) is 13.2 Å². The van der Waals surface area contributed by atoms with Crippen LogP contribution >= 0.6 is 0 Å². The molecule has 2 aromatic heterocycles. The molecule has 2 atom stereocenters. The summed E-state index contributed by atoms with van der Waals surface area (Å²) in [5.74, 6) is -6.81. The highest BCUT2D eigenvalue weighted by Crippen LogP contribution is 2.38. The number of hydrogen-bond acceptors (Lipinski definition) is 20. The largest absolute Gasteiger partial charge is 0.483 e. The maximum atomic E-state index is 13.2. The number of anilines is 4. The normalized spacial score (nSPS) is 14.8. The maximum absolute atomic E-state index is 13.2. The number of unbranched alkanes of at least 4 members (excludes halogenated alkanes) is 16. The van der Waals surface area contributed by atoms with E-state index in [1.165, 1.54) is 99.2 Å². The molecular formula is C93H110N12O17. The molecule has 644 valence electrons. The quantitative estimate of drug-likeness (QED) is 0.0127. The van der Waals surface area contributed by atoms with Gasteiger partial charge in [0.2, 0.25) is 23.6 Å². The summed E-state index contributed by atoms with van der Waals surface area (Å²) in [6.07, 6.45) is 25.6. The Kier molecular flexibility index (Phi) is 34.0. The summed E-state index contributed by atoms with van der Waals surface area (Å²) in [6, 6.07) is 39.1. The number of para-hydroxylation sites is 2. The Morgan fingerprint density at radius 1 is 0.459 bits per heavy atom. The van der Waals surface area contributed by atoms with Gasteiger partial charge in [-0.05, 0) is 170 Å². The number of amides is 12. The molecule has 122 heavy (non-hydrogen) atoms. The molecule has 12 amide bonds. The number of rotatable bonds is 40. The molecule has 29 heteroatoms. The van der Waals surface area contributed by atoms with Gasteiger partial charge in [0.05, 0.1) is 55.8 Å². The van der Waals surface area contributed by atoms with Gasteiger partial charge in [-0.2, -0.15) is 0 Å².